The van der Waals surface area contributed by atoms with Crippen molar-refractivity contribution in [1.29, 1.82) is 0 Å². The summed E-state index contributed by atoms with van der Waals surface area (Å²) in [7, 11) is 1.76. The number of hydrogen-bond donors (Lipinski definition) is 1. The van der Waals surface area contributed by atoms with Crippen LogP contribution in [0.1, 0.15) is 53.9 Å². The molecule has 1 aliphatic rings. The van der Waals surface area contributed by atoms with E-state index in [-0.39, 0.29) is 25.7 Å². The zero-order chi connectivity index (χ0) is 17.7. The van der Waals surface area contributed by atoms with Gasteiger partial charge in [-0.15, -0.1) is 0 Å². The van der Waals surface area contributed by atoms with Crippen molar-refractivity contribution >= 4 is 9.70 Å². The van der Waals surface area contributed by atoms with Gasteiger partial charge >= 0.3 is 151 Å². The maximum atomic E-state index is 12.7. The average molecular weight is 439 g/mol. The molecule has 0 aromatic carbocycles. The van der Waals surface area contributed by atoms with Gasteiger partial charge < -0.3 is 0 Å². The summed E-state index contributed by atoms with van der Waals surface area (Å²) in [5, 5.41) is 10.3. The molecular weight excluding hydrogens is 407 g/mol. The summed E-state index contributed by atoms with van der Waals surface area (Å²) in [6.07, 6.45) is 2.25. The quantitative estimate of drug-likeness (QED) is 0.241. The van der Waals surface area contributed by atoms with Crippen LogP contribution in [0.5, 0.6) is 0 Å². The Morgan fingerprint density at radius 1 is 1.30 bits per heavy atom. The Bertz CT molecular complexity index is 415. The number of aliphatic hydroxyl groups is 1. The van der Waals surface area contributed by atoms with Crippen LogP contribution in [0, 0.1) is 11.8 Å². The van der Waals surface area contributed by atoms with Gasteiger partial charge in [-0.25, -0.2) is 0 Å². The van der Waals surface area contributed by atoms with E-state index in [2.05, 4.69) is 18.7 Å². The van der Waals surface area contributed by atoms with Crippen molar-refractivity contribution in [2.45, 2.75) is 70.2 Å². The number of likely N-dealkylation sites (tertiary alicyclic amines) is 1. The van der Waals surface area contributed by atoms with E-state index >= 15 is 0 Å². The standard InChI is InChI=1S/C17H32IN2O3/c1-11(2)10-14(13(5)21)19(6)17(23)18-15-8-7-9-20(15)16(22)12(3)4/h11-12,14-16,22H,7-10H2,1-6H3/q-1/t14-,15+,16-/m1/s1. The first-order valence-corrected chi connectivity index (χ1v) is 10.8. The Hall–Kier alpha value is -0.210. The number of amides is 1. The van der Waals surface area contributed by atoms with Crippen LogP contribution in [-0.4, -0.2) is 54.5 Å². The predicted octanol–water partition coefficient (Wildman–Crippen LogP) is -0.473. The van der Waals surface area contributed by atoms with Crippen LogP contribution >= 0.6 is 0 Å². The molecule has 1 heterocycles. The van der Waals surface area contributed by atoms with Crippen molar-refractivity contribution < 1.29 is 35.9 Å². The van der Waals surface area contributed by atoms with Crippen molar-refractivity contribution in [2.75, 3.05) is 13.6 Å². The molecule has 1 rings (SSSR count). The maximum absolute atomic E-state index is 12.7. The fraction of sp³-hybridized carbons (Fsp3) is 0.882. The van der Waals surface area contributed by atoms with Crippen molar-refractivity contribution in [3.8, 4) is 0 Å². The minimum absolute atomic E-state index is 0.0593. The van der Waals surface area contributed by atoms with E-state index in [1.165, 1.54) is 0 Å². The molecule has 0 aliphatic carbocycles. The van der Waals surface area contributed by atoms with Crippen molar-refractivity contribution in [3.05, 3.63) is 0 Å². The molecule has 1 amide bonds. The van der Waals surface area contributed by atoms with Crippen molar-refractivity contribution in [1.82, 2.24) is 9.80 Å². The van der Waals surface area contributed by atoms with Crippen molar-refractivity contribution in [3.63, 3.8) is 0 Å². The molecule has 0 saturated carbocycles. The van der Waals surface area contributed by atoms with E-state index < -0.39 is 27.4 Å². The first kappa shape index (κ1) is 20.8. The topological polar surface area (TPSA) is 60.9 Å². The zero-order valence-electron chi connectivity index (χ0n) is 15.3. The number of ketones is 1. The summed E-state index contributed by atoms with van der Waals surface area (Å²) >= 11 is -0.765. The first-order chi connectivity index (χ1) is 10.6. The van der Waals surface area contributed by atoms with Gasteiger partial charge in [-0.05, 0) is 0 Å². The Kier molecular flexibility index (Phi) is 8.44. The van der Waals surface area contributed by atoms with Crippen LogP contribution < -0.4 is 21.2 Å². The van der Waals surface area contributed by atoms with Crippen molar-refractivity contribution in [2.24, 2.45) is 11.8 Å². The molecule has 0 unspecified atom stereocenters. The molecule has 0 aromatic heterocycles. The zero-order valence-corrected chi connectivity index (χ0v) is 17.4. The van der Waals surface area contributed by atoms with Crippen LogP contribution in [0.25, 0.3) is 0 Å². The van der Waals surface area contributed by atoms with E-state index in [1.54, 1.807) is 18.9 Å². The predicted molar refractivity (Wildman–Crippen MR) is 87.7 cm³/mol. The molecule has 3 atom stereocenters. The second-order valence-electron chi connectivity index (χ2n) is 7.20. The number of Topliss-reactive ketones (excluding diaryl/α,β-unsaturated/α-hetero) is 1. The summed E-state index contributed by atoms with van der Waals surface area (Å²) in [6, 6.07) is -0.313. The van der Waals surface area contributed by atoms with Gasteiger partial charge in [0, 0.05) is 0 Å². The number of halogens is 1. The number of rotatable bonds is 8. The number of hydrogen-bond acceptors (Lipinski definition) is 4. The molecule has 23 heavy (non-hydrogen) atoms. The van der Waals surface area contributed by atoms with Gasteiger partial charge in [-0.3, -0.25) is 0 Å². The molecule has 1 saturated heterocycles. The third-order valence-corrected chi connectivity index (χ3v) is 7.63. The number of alkyl halides is 1. The number of nitrogens with zero attached hydrogens (tertiary/aromatic N) is 2. The first-order valence-electron chi connectivity index (χ1n) is 8.49. The summed E-state index contributed by atoms with van der Waals surface area (Å²) < 4.78 is 0.297. The second kappa shape index (κ2) is 9.32. The van der Waals surface area contributed by atoms with Gasteiger partial charge in [-0.2, -0.15) is 0 Å². The number of carbonyl (C=O) groups excluding carboxylic acids is 2. The van der Waals surface area contributed by atoms with Crippen LogP contribution in [0.3, 0.4) is 0 Å². The van der Waals surface area contributed by atoms with E-state index in [0.717, 1.165) is 19.4 Å². The molecular formula is C17H32IN2O3-. The van der Waals surface area contributed by atoms with E-state index in [4.69, 9.17) is 0 Å². The average Bonchev–Trinajstić information content (AvgIpc) is 2.90. The van der Waals surface area contributed by atoms with Gasteiger partial charge in [0.2, 0.25) is 0 Å². The SMILES string of the molecule is CC(=O)[C@@H](CC(C)C)N(C)C(=O)[I-][C@@H]1CCCN1[C@H](O)C(C)C. The van der Waals surface area contributed by atoms with E-state index in [9.17, 15) is 14.7 Å². The molecule has 1 aliphatic heterocycles. The summed E-state index contributed by atoms with van der Waals surface area (Å²) in [6.45, 7) is 10.6. The Balaban J connectivity index is 2.71. The normalized spacial score (nSPS) is 21.9. The molecule has 136 valence electrons. The Labute approximate surface area is 151 Å². The van der Waals surface area contributed by atoms with Crippen LogP contribution in [-0.2, 0) is 4.79 Å². The van der Waals surface area contributed by atoms with Gasteiger partial charge in [-0.1, -0.05) is 0 Å². The third-order valence-electron chi connectivity index (χ3n) is 4.28. The second-order valence-corrected chi connectivity index (χ2v) is 10.2. The van der Waals surface area contributed by atoms with Gasteiger partial charge in [0.25, 0.3) is 0 Å². The Morgan fingerprint density at radius 3 is 2.39 bits per heavy atom. The molecule has 1 N–H and O–H groups in total. The van der Waals surface area contributed by atoms with Gasteiger partial charge in [0.15, 0.2) is 0 Å². The van der Waals surface area contributed by atoms with Crippen LogP contribution in [0.2, 0.25) is 0 Å². The van der Waals surface area contributed by atoms with E-state index in [0.29, 0.717) is 12.3 Å². The molecule has 5 nitrogen and oxygen atoms in total. The molecule has 0 spiro atoms. The van der Waals surface area contributed by atoms with Crippen LogP contribution in [0.4, 0.5) is 4.79 Å². The minimum atomic E-state index is -0.765. The molecule has 1 fully saturated rings. The molecule has 6 heteroatoms. The van der Waals surface area contributed by atoms with Gasteiger partial charge in [0.05, 0.1) is 0 Å². The fourth-order valence-corrected chi connectivity index (χ4v) is 6.01. The van der Waals surface area contributed by atoms with Gasteiger partial charge in [0.1, 0.15) is 0 Å². The number of aliphatic hydroxyl groups excluding tert-OH is 1. The third kappa shape index (κ3) is 5.98. The summed E-state index contributed by atoms with van der Waals surface area (Å²) in [5.74, 6) is 0.602. The summed E-state index contributed by atoms with van der Waals surface area (Å²) in [5.41, 5.74) is 0. The van der Waals surface area contributed by atoms with E-state index in [1.807, 2.05) is 13.8 Å². The fourth-order valence-electron chi connectivity index (χ4n) is 2.90. The number of likely N-dealkylation sites (N-methyl/N-ethyl adjacent to an activating group) is 1. The summed E-state index contributed by atoms with van der Waals surface area (Å²) in [4.78, 5) is 28.3. The molecule has 0 radical (unpaired) electrons. The monoisotopic (exact) mass is 439 g/mol. The molecule has 0 bridgehead atoms. The number of carbonyl (C=O) groups is 2. The molecule has 0 aromatic rings. The Morgan fingerprint density at radius 2 is 1.91 bits per heavy atom. The van der Waals surface area contributed by atoms with Crippen LogP contribution in [0.15, 0.2) is 0 Å².